The van der Waals surface area contributed by atoms with Gasteiger partial charge in [0.15, 0.2) is 0 Å². The second-order valence-electron chi connectivity index (χ2n) is 7.49. The first kappa shape index (κ1) is 18.4. The number of benzene rings is 1. The first-order chi connectivity index (χ1) is 12.2. The average molecular weight is 344 g/mol. The molecule has 0 aromatic heterocycles. The Kier molecular flexibility index (Phi) is 6.91. The van der Waals surface area contributed by atoms with Gasteiger partial charge in [-0.05, 0) is 56.5 Å². The minimum absolute atomic E-state index is 0.389. The van der Waals surface area contributed by atoms with E-state index in [9.17, 15) is 0 Å². The minimum Gasteiger partial charge on any atom is -0.497 e. The van der Waals surface area contributed by atoms with Crippen LogP contribution in [0.3, 0.4) is 0 Å². The highest BCUT2D eigenvalue weighted by molar-refractivity contribution is 5.29. The maximum atomic E-state index is 5.32. The molecule has 0 unspecified atom stereocenters. The number of hydrogen-bond donors (Lipinski definition) is 1. The zero-order valence-electron chi connectivity index (χ0n) is 15.8. The zero-order chi connectivity index (χ0) is 17.5. The summed E-state index contributed by atoms with van der Waals surface area (Å²) in [5.41, 5.74) is 1.37. The van der Waals surface area contributed by atoms with Crippen LogP contribution in [-0.2, 0) is 0 Å². The number of nitrogens with zero attached hydrogens (tertiary/aromatic N) is 2. The molecule has 2 atom stereocenters. The molecule has 1 aromatic rings. The van der Waals surface area contributed by atoms with Gasteiger partial charge in [0, 0.05) is 38.8 Å². The molecule has 1 aromatic carbocycles. The van der Waals surface area contributed by atoms with Crippen LogP contribution in [0.15, 0.2) is 36.4 Å². The molecule has 3 rings (SSSR count). The van der Waals surface area contributed by atoms with E-state index in [-0.39, 0.29) is 0 Å². The van der Waals surface area contributed by atoms with Gasteiger partial charge in [0.05, 0.1) is 7.11 Å². The molecule has 4 heteroatoms. The van der Waals surface area contributed by atoms with Crippen LogP contribution in [0.25, 0.3) is 0 Å². The summed E-state index contributed by atoms with van der Waals surface area (Å²) in [6.07, 6.45) is 8.43. The largest absolute Gasteiger partial charge is 0.497 e. The van der Waals surface area contributed by atoms with Crippen LogP contribution in [0.5, 0.6) is 5.75 Å². The maximum absolute atomic E-state index is 5.32. The van der Waals surface area contributed by atoms with E-state index in [4.69, 9.17) is 4.74 Å². The van der Waals surface area contributed by atoms with Crippen LogP contribution in [0.1, 0.15) is 30.9 Å². The van der Waals surface area contributed by atoms with E-state index < -0.39 is 0 Å². The van der Waals surface area contributed by atoms with Gasteiger partial charge in [-0.15, -0.1) is 0 Å². The van der Waals surface area contributed by atoms with Crippen molar-refractivity contribution in [1.29, 1.82) is 0 Å². The summed E-state index contributed by atoms with van der Waals surface area (Å²) >= 11 is 0. The predicted molar refractivity (Wildman–Crippen MR) is 104 cm³/mol. The molecule has 1 heterocycles. The Balaban J connectivity index is 1.62. The maximum Gasteiger partial charge on any atom is 0.118 e. The molecule has 2 aliphatic rings. The van der Waals surface area contributed by atoms with E-state index in [2.05, 4.69) is 58.6 Å². The number of nitrogens with one attached hydrogen (secondary N) is 1. The average Bonchev–Trinajstić information content (AvgIpc) is 2.67. The molecule has 0 bridgehead atoms. The first-order valence-corrected chi connectivity index (χ1v) is 9.68. The van der Waals surface area contributed by atoms with Crippen LogP contribution in [0.2, 0.25) is 0 Å². The van der Waals surface area contributed by atoms with Gasteiger partial charge in [0.1, 0.15) is 5.75 Å². The molecule has 0 radical (unpaired) electrons. The van der Waals surface area contributed by atoms with E-state index in [1.54, 1.807) is 7.11 Å². The number of hydrogen-bond acceptors (Lipinski definition) is 4. The molecule has 138 valence electrons. The van der Waals surface area contributed by atoms with Gasteiger partial charge in [0.2, 0.25) is 0 Å². The molecule has 0 spiro atoms. The number of piperazine rings is 1. The lowest BCUT2D eigenvalue weighted by Gasteiger charge is -2.35. The van der Waals surface area contributed by atoms with E-state index in [1.165, 1.54) is 37.9 Å². The summed E-state index contributed by atoms with van der Waals surface area (Å²) in [5.74, 6) is 1.71. The number of ether oxygens (including phenoxy) is 1. The summed E-state index contributed by atoms with van der Waals surface area (Å²) < 4.78 is 5.32. The fourth-order valence-electron chi connectivity index (χ4n) is 3.76. The van der Waals surface area contributed by atoms with Crippen LogP contribution < -0.4 is 10.1 Å². The first-order valence-electron chi connectivity index (χ1n) is 9.68. The van der Waals surface area contributed by atoms with Crippen molar-refractivity contribution < 1.29 is 4.74 Å². The summed E-state index contributed by atoms with van der Waals surface area (Å²) in [5, 5.41) is 3.87. The Morgan fingerprint density at radius 1 is 1.12 bits per heavy atom. The lowest BCUT2D eigenvalue weighted by molar-refractivity contribution is 0.141. The van der Waals surface area contributed by atoms with Crippen molar-refractivity contribution in [3.05, 3.63) is 42.0 Å². The molecule has 1 aliphatic heterocycles. The minimum atomic E-state index is 0.389. The molecular formula is C21H33N3O. The van der Waals surface area contributed by atoms with Gasteiger partial charge >= 0.3 is 0 Å². The van der Waals surface area contributed by atoms with Crippen molar-refractivity contribution in [1.82, 2.24) is 15.1 Å². The Labute approximate surface area is 152 Å². The van der Waals surface area contributed by atoms with Crippen molar-refractivity contribution in [2.75, 3.05) is 53.4 Å². The molecule has 0 saturated carbocycles. The lowest BCUT2D eigenvalue weighted by atomic mass is 9.94. The molecule has 25 heavy (non-hydrogen) atoms. The van der Waals surface area contributed by atoms with Gasteiger partial charge in [-0.25, -0.2) is 0 Å². The summed E-state index contributed by atoms with van der Waals surface area (Å²) in [6, 6.07) is 8.98. The Morgan fingerprint density at radius 2 is 1.88 bits per heavy atom. The standard InChI is InChI=1S/C21H33N3O/c1-23-12-14-24(15-13-23)17-21(19-8-10-20(25-2)11-9-19)22-16-18-6-4-3-5-7-18/h3-4,8-11,18,21-22H,5-7,12-17H2,1-2H3/t18-,21+/m1/s1. The van der Waals surface area contributed by atoms with Gasteiger partial charge in [-0.1, -0.05) is 24.3 Å². The van der Waals surface area contributed by atoms with E-state index in [0.717, 1.165) is 37.8 Å². The number of likely N-dealkylation sites (N-methyl/N-ethyl adjacent to an activating group) is 1. The molecule has 1 saturated heterocycles. The van der Waals surface area contributed by atoms with Crippen molar-refractivity contribution in [3.63, 3.8) is 0 Å². The lowest BCUT2D eigenvalue weighted by Crippen LogP contribution is -2.47. The van der Waals surface area contributed by atoms with Gasteiger partial charge < -0.3 is 15.0 Å². The summed E-state index contributed by atoms with van der Waals surface area (Å²) in [6.45, 7) is 6.86. The number of allylic oxidation sites excluding steroid dienone is 2. The molecule has 1 N–H and O–H groups in total. The molecule has 1 aliphatic carbocycles. The van der Waals surface area contributed by atoms with Crippen molar-refractivity contribution >= 4 is 0 Å². The van der Waals surface area contributed by atoms with Crippen molar-refractivity contribution in [2.45, 2.75) is 25.3 Å². The van der Waals surface area contributed by atoms with Gasteiger partial charge in [-0.2, -0.15) is 0 Å². The highest BCUT2D eigenvalue weighted by Crippen LogP contribution is 2.22. The third-order valence-electron chi connectivity index (χ3n) is 5.59. The fraction of sp³-hybridized carbons (Fsp3) is 0.619. The number of rotatable bonds is 7. The Morgan fingerprint density at radius 3 is 2.52 bits per heavy atom. The molecular weight excluding hydrogens is 310 g/mol. The summed E-state index contributed by atoms with van der Waals surface area (Å²) in [7, 11) is 3.94. The van der Waals surface area contributed by atoms with Gasteiger partial charge in [-0.3, -0.25) is 4.90 Å². The van der Waals surface area contributed by atoms with Gasteiger partial charge in [0.25, 0.3) is 0 Å². The zero-order valence-corrected chi connectivity index (χ0v) is 15.8. The summed E-state index contributed by atoms with van der Waals surface area (Å²) in [4.78, 5) is 5.02. The van der Waals surface area contributed by atoms with Crippen molar-refractivity contribution in [2.24, 2.45) is 5.92 Å². The fourth-order valence-corrected chi connectivity index (χ4v) is 3.76. The Hall–Kier alpha value is -1.36. The second kappa shape index (κ2) is 9.37. The highest BCUT2D eigenvalue weighted by Gasteiger charge is 2.21. The van der Waals surface area contributed by atoms with Crippen LogP contribution in [-0.4, -0.2) is 63.2 Å². The Bertz CT molecular complexity index is 535. The molecule has 0 amide bonds. The third kappa shape index (κ3) is 5.56. The predicted octanol–water partition coefficient (Wildman–Crippen LogP) is 2.93. The quantitative estimate of drug-likeness (QED) is 0.771. The van der Waals surface area contributed by atoms with E-state index in [1.807, 2.05) is 0 Å². The van der Waals surface area contributed by atoms with E-state index in [0.29, 0.717) is 6.04 Å². The normalized spacial score (nSPS) is 23.5. The van der Waals surface area contributed by atoms with Crippen LogP contribution in [0.4, 0.5) is 0 Å². The second-order valence-corrected chi connectivity index (χ2v) is 7.49. The number of methoxy groups -OCH3 is 1. The van der Waals surface area contributed by atoms with Crippen molar-refractivity contribution in [3.8, 4) is 5.75 Å². The SMILES string of the molecule is COc1ccc([C@H](CN2CCN(C)CC2)NC[C@@H]2CC=CCC2)cc1. The smallest absolute Gasteiger partial charge is 0.118 e. The monoisotopic (exact) mass is 343 g/mol. The molecule has 1 fully saturated rings. The highest BCUT2D eigenvalue weighted by atomic mass is 16.5. The van der Waals surface area contributed by atoms with Crippen LogP contribution in [0, 0.1) is 5.92 Å². The topological polar surface area (TPSA) is 27.7 Å². The van der Waals surface area contributed by atoms with Crippen LogP contribution >= 0.6 is 0 Å². The molecule has 4 nitrogen and oxygen atoms in total. The van der Waals surface area contributed by atoms with E-state index >= 15 is 0 Å². The third-order valence-corrected chi connectivity index (χ3v) is 5.59.